The lowest BCUT2D eigenvalue weighted by Crippen LogP contribution is -2.41. The second-order valence-electron chi connectivity index (χ2n) is 4.87. The van der Waals surface area contributed by atoms with Gasteiger partial charge in [0.2, 0.25) is 0 Å². The third-order valence-corrected chi connectivity index (χ3v) is 3.05. The van der Waals surface area contributed by atoms with Gasteiger partial charge in [0.05, 0.1) is 0 Å². The molecule has 0 aliphatic rings. The highest BCUT2D eigenvalue weighted by Crippen LogP contribution is 2.18. The molecule has 0 fully saturated rings. The number of carbonyl (C=O) groups is 1. The van der Waals surface area contributed by atoms with E-state index in [9.17, 15) is 4.79 Å². The lowest BCUT2D eigenvalue weighted by atomic mass is 10.1. The van der Waals surface area contributed by atoms with Crippen molar-refractivity contribution in [1.82, 2.24) is 5.32 Å². The molecule has 2 unspecified atom stereocenters. The molecule has 0 aliphatic carbocycles. The summed E-state index contributed by atoms with van der Waals surface area (Å²) in [4.78, 5) is 12.0. The predicted molar refractivity (Wildman–Crippen MR) is 84.4 cm³/mol. The number of rotatable bonds is 7. The Balaban J connectivity index is 0.00000361. The van der Waals surface area contributed by atoms with E-state index >= 15 is 0 Å². The quantitative estimate of drug-likeness (QED) is 0.812. The number of aryl methyl sites for hydroxylation is 1. The first-order valence-corrected chi connectivity index (χ1v) is 6.78. The number of nitrogens with one attached hydrogen (secondary N) is 1. The highest BCUT2D eigenvalue weighted by Gasteiger charge is 2.19. The summed E-state index contributed by atoms with van der Waals surface area (Å²) in [6.07, 6.45) is 0.183. The van der Waals surface area contributed by atoms with Crippen LogP contribution >= 0.6 is 12.4 Å². The van der Waals surface area contributed by atoms with Gasteiger partial charge in [0.25, 0.3) is 5.91 Å². The van der Waals surface area contributed by atoms with Crippen LogP contribution in [0.3, 0.4) is 0 Å². The molecule has 2 atom stereocenters. The van der Waals surface area contributed by atoms with E-state index in [1.54, 1.807) is 0 Å². The van der Waals surface area contributed by atoms with Crippen LogP contribution < -0.4 is 15.8 Å². The van der Waals surface area contributed by atoms with Crippen molar-refractivity contribution in [1.29, 1.82) is 0 Å². The Hall–Kier alpha value is -1.26. The van der Waals surface area contributed by atoms with Crippen LogP contribution in [0.5, 0.6) is 5.75 Å². The van der Waals surface area contributed by atoms with Gasteiger partial charge in [0.15, 0.2) is 6.10 Å². The Kier molecular flexibility index (Phi) is 9.01. The average molecular weight is 301 g/mol. The van der Waals surface area contributed by atoms with E-state index < -0.39 is 6.10 Å². The van der Waals surface area contributed by atoms with Crippen LogP contribution in [0.4, 0.5) is 0 Å². The van der Waals surface area contributed by atoms with Gasteiger partial charge in [-0.15, -0.1) is 12.4 Å². The number of hydrogen-bond donors (Lipinski definition) is 2. The molecule has 0 aliphatic heterocycles. The van der Waals surface area contributed by atoms with E-state index in [1.807, 2.05) is 45.0 Å². The fourth-order valence-electron chi connectivity index (χ4n) is 1.64. The fraction of sp³-hybridized carbons (Fsp3) is 0.533. The summed E-state index contributed by atoms with van der Waals surface area (Å²) in [6.45, 7) is 7.06. The number of carbonyl (C=O) groups excluding carboxylic acids is 1. The highest BCUT2D eigenvalue weighted by molar-refractivity contribution is 5.85. The van der Waals surface area contributed by atoms with Crippen molar-refractivity contribution in [3.63, 3.8) is 0 Å². The molecule has 0 radical (unpaired) electrons. The average Bonchev–Trinajstić information content (AvgIpc) is 2.43. The van der Waals surface area contributed by atoms with Gasteiger partial charge in [0.1, 0.15) is 5.75 Å². The van der Waals surface area contributed by atoms with Crippen molar-refractivity contribution in [2.45, 2.75) is 33.3 Å². The minimum atomic E-state index is -0.453. The molecule has 0 bridgehead atoms. The van der Waals surface area contributed by atoms with Gasteiger partial charge in [-0.3, -0.25) is 4.79 Å². The smallest absolute Gasteiger partial charge is 0.261 e. The van der Waals surface area contributed by atoms with Crippen LogP contribution in [-0.2, 0) is 4.79 Å². The van der Waals surface area contributed by atoms with Gasteiger partial charge >= 0.3 is 0 Å². The molecule has 4 nitrogen and oxygen atoms in total. The SMILES string of the molecule is CCC(Oc1ccccc1C)C(=O)NCC(C)CN.Cl. The van der Waals surface area contributed by atoms with Crippen molar-refractivity contribution in [2.24, 2.45) is 11.7 Å². The van der Waals surface area contributed by atoms with Gasteiger partial charge in [-0.1, -0.05) is 32.0 Å². The molecule has 1 amide bonds. The number of halogens is 1. The zero-order valence-corrected chi connectivity index (χ0v) is 13.2. The summed E-state index contributed by atoms with van der Waals surface area (Å²) in [7, 11) is 0. The molecule has 1 aromatic carbocycles. The summed E-state index contributed by atoms with van der Waals surface area (Å²) in [5, 5.41) is 2.88. The maximum atomic E-state index is 12.0. The van der Waals surface area contributed by atoms with Crippen molar-refractivity contribution in [3.8, 4) is 5.75 Å². The molecule has 0 aromatic heterocycles. The molecule has 3 N–H and O–H groups in total. The molecule has 0 saturated carbocycles. The number of hydrogen-bond acceptors (Lipinski definition) is 3. The van der Waals surface area contributed by atoms with Crippen molar-refractivity contribution < 1.29 is 9.53 Å². The molecule has 0 saturated heterocycles. The molecule has 20 heavy (non-hydrogen) atoms. The van der Waals surface area contributed by atoms with Gasteiger partial charge in [-0.05, 0) is 37.4 Å². The lowest BCUT2D eigenvalue weighted by molar-refractivity contribution is -0.128. The Bertz CT molecular complexity index is 413. The minimum Gasteiger partial charge on any atom is -0.480 e. The third-order valence-electron chi connectivity index (χ3n) is 3.05. The van der Waals surface area contributed by atoms with Crippen molar-refractivity contribution in [2.75, 3.05) is 13.1 Å². The molecule has 5 heteroatoms. The number of ether oxygens (including phenoxy) is 1. The van der Waals surface area contributed by atoms with E-state index in [4.69, 9.17) is 10.5 Å². The molecule has 0 heterocycles. The van der Waals surface area contributed by atoms with Crippen molar-refractivity contribution >= 4 is 18.3 Å². The zero-order valence-electron chi connectivity index (χ0n) is 12.4. The van der Waals surface area contributed by atoms with Gasteiger partial charge in [-0.25, -0.2) is 0 Å². The molecule has 114 valence electrons. The molecular weight excluding hydrogens is 276 g/mol. The zero-order chi connectivity index (χ0) is 14.3. The Labute approximate surface area is 127 Å². The van der Waals surface area contributed by atoms with E-state index in [0.29, 0.717) is 19.5 Å². The number of amides is 1. The van der Waals surface area contributed by atoms with Crippen LogP contribution in [0.25, 0.3) is 0 Å². The monoisotopic (exact) mass is 300 g/mol. The van der Waals surface area contributed by atoms with Gasteiger partial charge in [0, 0.05) is 6.54 Å². The fourth-order valence-corrected chi connectivity index (χ4v) is 1.64. The van der Waals surface area contributed by atoms with Crippen LogP contribution in [0.15, 0.2) is 24.3 Å². The molecule has 0 spiro atoms. The van der Waals surface area contributed by atoms with Crippen molar-refractivity contribution in [3.05, 3.63) is 29.8 Å². The first-order chi connectivity index (χ1) is 9.08. The van der Waals surface area contributed by atoms with Crippen LogP contribution in [0, 0.1) is 12.8 Å². The van der Waals surface area contributed by atoms with E-state index in [-0.39, 0.29) is 24.2 Å². The second-order valence-corrected chi connectivity index (χ2v) is 4.87. The molecule has 1 rings (SSSR count). The summed E-state index contributed by atoms with van der Waals surface area (Å²) in [6, 6.07) is 7.71. The van der Waals surface area contributed by atoms with Gasteiger partial charge < -0.3 is 15.8 Å². The Morgan fingerprint density at radius 3 is 2.60 bits per heavy atom. The normalized spacial score (nSPS) is 13.0. The third kappa shape index (κ3) is 5.80. The van der Waals surface area contributed by atoms with E-state index in [2.05, 4.69) is 5.32 Å². The number of nitrogens with two attached hydrogens (primary N) is 1. The van der Waals surface area contributed by atoms with E-state index in [0.717, 1.165) is 11.3 Å². The Morgan fingerprint density at radius 2 is 2.05 bits per heavy atom. The van der Waals surface area contributed by atoms with Crippen LogP contribution in [0.1, 0.15) is 25.8 Å². The summed E-state index contributed by atoms with van der Waals surface area (Å²) >= 11 is 0. The minimum absolute atomic E-state index is 0. The first kappa shape index (κ1) is 18.7. The predicted octanol–water partition coefficient (Wildman–Crippen LogP) is 2.29. The summed E-state index contributed by atoms with van der Waals surface area (Å²) in [5.41, 5.74) is 6.56. The largest absolute Gasteiger partial charge is 0.480 e. The first-order valence-electron chi connectivity index (χ1n) is 6.78. The number of benzene rings is 1. The molecule has 1 aromatic rings. The molecular formula is C15H25ClN2O2. The highest BCUT2D eigenvalue weighted by atomic mass is 35.5. The summed E-state index contributed by atoms with van der Waals surface area (Å²) in [5.74, 6) is 0.961. The number of para-hydroxylation sites is 1. The second kappa shape index (κ2) is 9.61. The lowest BCUT2D eigenvalue weighted by Gasteiger charge is -2.19. The maximum absolute atomic E-state index is 12.0. The summed E-state index contributed by atoms with van der Waals surface area (Å²) < 4.78 is 5.78. The Morgan fingerprint density at radius 1 is 1.40 bits per heavy atom. The maximum Gasteiger partial charge on any atom is 0.261 e. The van der Waals surface area contributed by atoms with Crippen LogP contribution in [-0.4, -0.2) is 25.1 Å². The van der Waals surface area contributed by atoms with Gasteiger partial charge in [-0.2, -0.15) is 0 Å². The topological polar surface area (TPSA) is 64.3 Å². The van der Waals surface area contributed by atoms with Crippen LogP contribution in [0.2, 0.25) is 0 Å². The standard InChI is InChI=1S/C15H24N2O2.ClH/c1-4-13(15(18)17-10-11(2)9-16)19-14-8-6-5-7-12(14)3;/h5-8,11,13H,4,9-10,16H2,1-3H3,(H,17,18);1H. The van der Waals surface area contributed by atoms with E-state index in [1.165, 1.54) is 0 Å².